The van der Waals surface area contributed by atoms with Crippen molar-refractivity contribution in [3.8, 4) is 11.4 Å². The second-order valence-corrected chi connectivity index (χ2v) is 9.64. The van der Waals surface area contributed by atoms with E-state index in [-0.39, 0.29) is 12.2 Å². The molecule has 2 N–H and O–H groups in total. The number of carbonyl (C=O) groups is 1. The lowest BCUT2D eigenvalue weighted by Crippen LogP contribution is -2.29. The van der Waals surface area contributed by atoms with Gasteiger partial charge in [-0.3, -0.25) is 4.57 Å². The molecule has 0 atom stereocenters. The fourth-order valence-corrected chi connectivity index (χ4v) is 4.80. The van der Waals surface area contributed by atoms with Crippen LogP contribution in [0.15, 0.2) is 71.9 Å². The number of anilines is 1. The van der Waals surface area contributed by atoms with E-state index >= 15 is 0 Å². The van der Waals surface area contributed by atoms with E-state index in [2.05, 4.69) is 20.8 Å². The third-order valence-corrected chi connectivity index (χ3v) is 6.77. The highest BCUT2D eigenvalue weighted by Gasteiger charge is 2.30. The van der Waals surface area contributed by atoms with Crippen molar-refractivity contribution in [2.24, 2.45) is 0 Å². The van der Waals surface area contributed by atoms with E-state index in [4.69, 9.17) is 27.9 Å². The van der Waals surface area contributed by atoms with Crippen molar-refractivity contribution in [2.75, 3.05) is 12.4 Å². The van der Waals surface area contributed by atoms with Gasteiger partial charge in [0.05, 0.1) is 29.9 Å². The van der Waals surface area contributed by atoms with E-state index in [0.29, 0.717) is 32.5 Å². The number of ether oxygens (including phenoxy) is 1. The molecule has 0 aliphatic carbocycles. The molecule has 38 heavy (non-hydrogen) atoms. The number of hydrogen-bond acceptors (Lipinski definition) is 5. The fourth-order valence-electron chi connectivity index (χ4n) is 3.40. The van der Waals surface area contributed by atoms with Crippen LogP contribution in [0.1, 0.15) is 17.0 Å². The molecule has 7 nitrogen and oxygen atoms in total. The average molecular weight is 582 g/mol. The maximum atomic E-state index is 12.8. The predicted molar refractivity (Wildman–Crippen MR) is 141 cm³/mol. The van der Waals surface area contributed by atoms with Crippen LogP contribution in [-0.2, 0) is 18.5 Å². The summed E-state index contributed by atoms with van der Waals surface area (Å²) in [5, 5.41) is 15.0. The summed E-state index contributed by atoms with van der Waals surface area (Å²) in [6.07, 6.45) is -4.46. The Labute approximate surface area is 230 Å². The Hall–Kier alpha value is -3.41. The van der Waals surface area contributed by atoms with Gasteiger partial charge in [0, 0.05) is 16.5 Å². The van der Waals surface area contributed by atoms with Crippen LogP contribution in [0.3, 0.4) is 0 Å². The van der Waals surface area contributed by atoms with Crippen molar-refractivity contribution >= 4 is 46.7 Å². The summed E-state index contributed by atoms with van der Waals surface area (Å²) in [6.45, 7) is -0.0435. The minimum Gasteiger partial charge on any atom is -0.497 e. The van der Waals surface area contributed by atoms with E-state index in [1.165, 1.54) is 23.9 Å². The smallest absolute Gasteiger partial charge is 0.416 e. The molecule has 0 aliphatic heterocycles. The Morgan fingerprint density at radius 2 is 1.82 bits per heavy atom. The van der Waals surface area contributed by atoms with Crippen LogP contribution in [0.25, 0.3) is 5.69 Å². The molecule has 0 saturated heterocycles. The van der Waals surface area contributed by atoms with Crippen molar-refractivity contribution in [1.82, 2.24) is 20.1 Å². The normalized spacial score (nSPS) is 11.3. The second kappa shape index (κ2) is 12.0. The van der Waals surface area contributed by atoms with Gasteiger partial charge in [-0.25, -0.2) is 4.79 Å². The summed E-state index contributed by atoms with van der Waals surface area (Å²) in [5.74, 6) is 1.67. The molecule has 2 amide bonds. The molecule has 1 heterocycles. The molecule has 13 heteroatoms. The number of hydrogen-bond donors (Lipinski definition) is 2. The van der Waals surface area contributed by atoms with Crippen LogP contribution in [-0.4, -0.2) is 27.9 Å². The number of nitrogens with one attached hydrogen (secondary N) is 2. The van der Waals surface area contributed by atoms with E-state index < -0.39 is 17.8 Å². The van der Waals surface area contributed by atoms with E-state index in [1.807, 2.05) is 24.3 Å². The monoisotopic (exact) mass is 581 g/mol. The van der Waals surface area contributed by atoms with Gasteiger partial charge in [0.2, 0.25) is 0 Å². The molecular formula is C25H20Cl2F3N5O2S. The summed E-state index contributed by atoms with van der Waals surface area (Å²) < 4.78 is 45.3. The SMILES string of the molecule is COc1cccc(CSc2nnc(CNC(=O)Nc3ccc(C(F)(F)F)cc3)n2-c2ccc(Cl)cc2Cl)c1. The van der Waals surface area contributed by atoms with E-state index in [1.54, 1.807) is 29.9 Å². The minimum absolute atomic E-state index is 0.0435. The number of benzene rings is 3. The summed E-state index contributed by atoms with van der Waals surface area (Å²) in [5.41, 5.74) is 0.957. The van der Waals surface area contributed by atoms with Crippen molar-refractivity contribution in [3.05, 3.63) is 93.7 Å². The number of nitrogens with zero attached hydrogens (tertiary/aromatic N) is 3. The number of amides is 2. The van der Waals surface area contributed by atoms with Gasteiger partial charge in [0.15, 0.2) is 11.0 Å². The van der Waals surface area contributed by atoms with Gasteiger partial charge in [-0.15, -0.1) is 10.2 Å². The van der Waals surface area contributed by atoms with Crippen LogP contribution in [0.4, 0.5) is 23.7 Å². The number of halogens is 5. The van der Waals surface area contributed by atoms with Crippen LogP contribution in [0.2, 0.25) is 10.0 Å². The Kier molecular flexibility index (Phi) is 8.70. The maximum Gasteiger partial charge on any atom is 0.416 e. The van der Waals surface area contributed by atoms with Gasteiger partial charge in [-0.05, 0) is 60.2 Å². The number of aromatic nitrogens is 3. The maximum absolute atomic E-state index is 12.8. The molecule has 0 radical (unpaired) electrons. The van der Waals surface area contributed by atoms with Crippen molar-refractivity contribution in [1.29, 1.82) is 0 Å². The van der Waals surface area contributed by atoms with Gasteiger partial charge >= 0.3 is 12.2 Å². The molecule has 1 aromatic heterocycles. The average Bonchev–Trinajstić information content (AvgIpc) is 3.28. The Morgan fingerprint density at radius 3 is 2.50 bits per heavy atom. The second-order valence-electron chi connectivity index (χ2n) is 7.85. The highest BCUT2D eigenvalue weighted by molar-refractivity contribution is 7.98. The molecule has 0 fully saturated rings. The van der Waals surface area contributed by atoms with E-state index in [0.717, 1.165) is 23.4 Å². The van der Waals surface area contributed by atoms with Gasteiger partial charge < -0.3 is 15.4 Å². The zero-order valence-electron chi connectivity index (χ0n) is 19.7. The lowest BCUT2D eigenvalue weighted by molar-refractivity contribution is -0.137. The number of thioether (sulfide) groups is 1. The summed E-state index contributed by atoms with van der Waals surface area (Å²) in [4.78, 5) is 12.4. The minimum atomic E-state index is -4.46. The molecular weight excluding hydrogens is 562 g/mol. The van der Waals surface area contributed by atoms with Gasteiger partial charge in [0.1, 0.15) is 5.75 Å². The number of rotatable bonds is 8. The van der Waals surface area contributed by atoms with Crippen LogP contribution in [0.5, 0.6) is 5.75 Å². The Morgan fingerprint density at radius 1 is 1.05 bits per heavy atom. The molecule has 0 spiro atoms. The lowest BCUT2D eigenvalue weighted by Gasteiger charge is -2.13. The van der Waals surface area contributed by atoms with Crippen LogP contribution in [0, 0.1) is 0 Å². The Bertz CT molecular complexity index is 1430. The molecule has 0 bridgehead atoms. The third-order valence-electron chi connectivity index (χ3n) is 5.23. The highest BCUT2D eigenvalue weighted by Crippen LogP contribution is 2.32. The number of carbonyl (C=O) groups excluding carboxylic acids is 1. The predicted octanol–water partition coefficient (Wildman–Crippen LogP) is 7.22. The topological polar surface area (TPSA) is 81.1 Å². The highest BCUT2D eigenvalue weighted by atomic mass is 35.5. The molecule has 0 unspecified atom stereocenters. The largest absolute Gasteiger partial charge is 0.497 e. The van der Waals surface area contributed by atoms with Crippen molar-refractivity contribution in [2.45, 2.75) is 23.6 Å². The number of methoxy groups -OCH3 is 1. The molecule has 0 aliphatic rings. The van der Waals surface area contributed by atoms with Gasteiger partial charge in [-0.1, -0.05) is 47.1 Å². The zero-order chi connectivity index (χ0) is 27.3. The summed E-state index contributed by atoms with van der Waals surface area (Å²) in [7, 11) is 1.60. The molecule has 4 rings (SSSR count). The van der Waals surface area contributed by atoms with Crippen LogP contribution < -0.4 is 15.4 Å². The summed E-state index contributed by atoms with van der Waals surface area (Å²) in [6, 6.07) is 16.1. The molecule has 3 aromatic carbocycles. The van der Waals surface area contributed by atoms with Gasteiger partial charge in [0.25, 0.3) is 0 Å². The standard InChI is InChI=1S/C25H20Cl2F3N5O2S/c1-37-19-4-2-3-15(11-19)14-38-24-34-33-22(35(24)21-10-7-17(26)12-20(21)27)13-31-23(36)32-18-8-5-16(6-9-18)25(28,29)30/h2-12H,13-14H2,1H3,(H2,31,32,36). The first kappa shape index (κ1) is 27.6. The molecule has 198 valence electrons. The number of urea groups is 1. The van der Waals surface area contributed by atoms with Gasteiger partial charge in [-0.2, -0.15) is 13.2 Å². The first-order valence-electron chi connectivity index (χ1n) is 11.0. The third kappa shape index (κ3) is 6.91. The molecule has 4 aromatic rings. The lowest BCUT2D eigenvalue weighted by atomic mass is 10.2. The Balaban J connectivity index is 1.51. The van der Waals surface area contributed by atoms with E-state index in [9.17, 15) is 18.0 Å². The zero-order valence-corrected chi connectivity index (χ0v) is 22.0. The summed E-state index contributed by atoms with van der Waals surface area (Å²) >= 11 is 14.0. The first-order valence-corrected chi connectivity index (χ1v) is 12.8. The van der Waals surface area contributed by atoms with Crippen molar-refractivity contribution < 1.29 is 22.7 Å². The number of alkyl halides is 3. The molecule has 0 saturated carbocycles. The quantitative estimate of drug-likeness (QED) is 0.215. The van der Waals surface area contributed by atoms with Crippen molar-refractivity contribution in [3.63, 3.8) is 0 Å². The first-order chi connectivity index (χ1) is 18.1. The fraction of sp³-hybridized carbons (Fsp3) is 0.160. The van der Waals surface area contributed by atoms with Crippen LogP contribution >= 0.6 is 35.0 Å².